The number of anilines is 1. The van der Waals surface area contributed by atoms with Crippen LogP contribution < -0.4 is 11.1 Å². The molecule has 3 nitrogen and oxygen atoms in total. The topological polar surface area (TPSA) is 55.1 Å². The molecule has 0 aliphatic rings. The zero-order valence-electron chi connectivity index (χ0n) is 11.8. The Labute approximate surface area is 121 Å². The highest BCUT2D eigenvalue weighted by Crippen LogP contribution is 2.18. The van der Waals surface area contributed by atoms with E-state index in [0.717, 1.165) is 17.7 Å². The quantitative estimate of drug-likeness (QED) is 0.852. The highest BCUT2D eigenvalue weighted by Gasteiger charge is 2.15. The molecule has 110 valence electrons. The number of rotatable bonds is 3. The van der Waals surface area contributed by atoms with Crippen LogP contribution in [0, 0.1) is 18.6 Å². The first-order valence-corrected chi connectivity index (χ1v) is 6.50. The van der Waals surface area contributed by atoms with Crippen molar-refractivity contribution in [3.63, 3.8) is 0 Å². The van der Waals surface area contributed by atoms with Crippen LogP contribution in [0.2, 0.25) is 0 Å². The summed E-state index contributed by atoms with van der Waals surface area (Å²) in [5.41, 5.74) is 7.91. The van der Waals surface area contributed by atoms with Crippen molar-refractivity contribution in [1.29, 1.82) is 0 Å². The van der Waals surface area contributed by atoms with Gasteiger partial charge in [0.15, 0.2) is 11.6 Å². The summed E-state index contributed by atoms with van der Waals surface area (Å²) in [6.45, 7) is 3.55. The molecular weight excluding hydrogens is 274 g/mol. The molecule has 2 rings (SSSR count). The molecule has 0 spiro atoms. The van der Waals surface area contributed by atoms with Crippen molar-refractivity contribution in [2.75, 3.05) is 5.73 Å². The van der Waals surface area contributed by atoms with E-state index in [4.69, 9.17) is 5.73 Å². The second-order valence-corrected chi connectivity index (χ2v) is 4.96. The number of benzene rings is 2. The maximum absolute atomic E-state index is 13.2. The average molecular weight is 290 g/mol. The predicted molar refractivity (Wildman–Crippen MR) is 77.8 cm³/mol. The molecular formula is C16H16F2N2O. The van der Waals surface area contributed by atoms with Crippen molar-refractivity contribution >= 4 is 11.6 Å². The van der Waals surface area contributed by atoms with Crippen molar-refractivity contribution in [2.24, 2.45) is 0 Å². The lowest BCUT2D eigenvalue weighted by Crippen LogP contribution is -2.27. The Morgan fingerprint density at radius 2 is 1.86 bits per heavy atom. The maximum Gasteiger partial charge on any atom is 0.253 e. The Balaban J connectivity index is 2.18. The number of amides is 1. The maximum atomic E-state index is 13.2. The van der Waals surface area contributed by atoms with Gasteiger partial charge >= 0.3 is 0 Å². The second-order valence-electron chi connectivity index (χ2n) is 4.96. The Morgan fingerprint density at radius 3 is 2.52 bits per heavy atom. The fourth-order valence-electron chi connectivity index (χ4n) is 2.01. The number of nitrogen functional groups attached to an aromatic ring is 1. The van der Waals surface area contributed by atoms with Gasteiger partial charge in [0.1, 0.15) is 0 Å². The lowest BCUT2D eigenvalue weighted by atomic mass is 10.1. The Bertz CT molecular complexity index is 686. The van der Waals surface area contributed by atoms with Crippen molar-refractivity contribution < 1.29 is 13.6 Å². The van der Waals surface area contributed by atoms with Gasteiger partial charge in [-0.05, 0) is 43.7 Å². The first-order chi connectivity index (χ1) is 9.88. The zero-order chi connectivity index (χ0) is 15.6. The molecule has 1 atom stereocenters. The van der Waals surface area contributed by atoms with Crippen LogP contribution in [0.4, 0.5) is 14.5 Å². The molecule has 21 heavy (non-hydrogen) atoms. The normalized spacial score (nSPS) is 12.0. The van der Waals surface area contributed by atoms with Gasteiger partial charge in [-0.1, -0.05) is 17.7 Å². The molecule has 5 heteroatoms. The van der Waals surface area contributed by atoms with Gasteiger partial charge < -0.3 is 11.1 Å². The molecule has 1 amide bonds. The molecule has 2 aromatic carbocycles. The third kappa shape index (κ3) is 3.37. The predicted octanol–water partition coefficient (Wildman–Crippen LogP) is 3.35. The number of hydrogen-bond acceptors (Lipinski definition) is 2. The number of nitrogens with one attached hydrogen (secondary N) is 1. The van der Waals surface area contributed by atoms with Crippen LogP contribution in [0.15, 0.2) is 36.4 Å². The van der Waals surface area contributed by atoms with Gasteiger partial charge in [0.25, 0.3) is 5.91 Å². The molecule has 0 saturated carbocycles. The van der Waals surface area contributed by atoms with Crippen molar-refractivity contribution in [1.82, 2.24) is 5.32 Å². The van der Waals surface area contributed by atoms with E-state index in [9.17, 15) is 13.6 Å². The molecule has 0 radical (unpaired) electrons. The monoisotopic (exact) mass is 290 g/mol. The molecule has 3 N–H and O–H groups in total. The largest absolute Gasteiger partial charge is 0.398 e. The minimum atomic E-state index is -0.941. The number of carbonyl (C=O) groups is 1. The summed E-state index contributed by atoms with van der Waals surface area (Å²) in [5, 5.41) is 2.72. The van der Waals surface area contributed by atoms with Crippen molar-refractivity contribution in [3.05, 3.63) is 64.7 Å². The zero-order valence-corrected chi connectivity index (χ0v) is 11.8. The third-order valence-electron chi connectivity index (χ3n) is 3.24. The van der Waals surface area contributed by atoms with Gasteiger partial charge in [-0.2, -0.15) is 0 Å². The van der Waals surface area contributed by atoms with E-state index in [2.05, 4.69) is 5.32 Å². The standard InChI is InChI=1S/C16H16F2N2O/c1-9-3-6-15(19)12(7-9)16(21)20-10(2)11-4-5-13(17)14(18)8-11/h3-8,10H,19H2,1-2H3,(H,20,21). The van der Waals surface area contributed by atoms with Gasteiger partial charge in [0.2, 0.25) is 0 Å². The summed E-state index contributed by atoms with van der Waals surface area (Å²) in [4.78, 5) is 12.2. The Kier molecular flexibility index (Phi) is 4.21. The molecule has 2 aromatic rings. The fraction of sp³-hybridized carbons (Fsp3) is 0.188. The summed E-state index contributed by atoms with van der Waals surface area (Å²) in [6, 6.07) is 8.23. The molecule has 0 aromatic heterocycles. The number of halogens is 2. The van der Waals surface area contributed by atoms with E-state index >= 15 is 0 Å². The SMILES string of the molecule is Cc1ccc(N)c(C(=O)NC(C)c2ccc(F)c(F)c2)c1. The molecule has 0 bridgehead atoms. The van der Waals surface area contributed by atoms with Crippen LogP contribution >= 0.6 is 0 Å². The van der Waals surface area contributed by atoms with E-state index in [1.807, 2.05) is 13.0 Å². The van der Waals surface area contributed by atoms with Gasteiger partial charge in [-0.3, -0.25) is 4.79 Å². The number of hydrogen-bond donors (Lipinski definition) is 2. The summed E-state index contributed by atoms with van der Waals surface area (Å²) in [7, 11) is 0. The van der Waals surface area contributed by atoms with E-state index < -0.39 is 17.7 Å². The Hall–Kier alpha value is -2.43. The summed E-state index contributed by atoms with van der Waals surface area (Å²) in [5.74, 6) is -2.21. The molecule has 0 heterocycles. The molecule has 0 fully saturated rings. The summed E-state index contributed by atoms with van der Waals surface area (Å²) in [6.07, 6.45) is 0. The van der Waals surface area contributed by atoms with E-state index in [1.54, 1.807) is 19.1 Å². The first-order valence-electron chi connectivity index (χ1n) is 6.50. The molecule has 1 unspecified atom stereocenters. The number of nitrogens with two attached hydrogens (primary N) is 1. The van der Waals surface area contributed by atoms with Crippen LogP contribution in [0.25, 0.3) is 0 Å². The van der Waals surface area contributed by atoms with Crippen molar-refractivity contribution in [2.45, 2.75) is 19.9 Å². The molecule has 0 aliphatic heterocycles. The second kappa shape index (κ2) is 5.91. The number of aryl methyl sites for hydroxylation is 1. The van der Waals surface area contributed by atoms with Crippen LogP contribution in [0.5, 0.6) is 0 Å². The van der Waals surface area contributed by atoms with Gasteiger partial charge in [-0.25, -0.2) is 8.78 Å². The van der Waals surface area contributed by atoms with E-state index in [-0.39, 0.29) is 5.91 Å². The van der Waals surface area contributed by atoms with Crippen LogP contribution in [0.3, 0.4) is 0 Å². The summed E-state index contributed by atoms with van der Waals surface area (Å²) >= 11 is 0. The van der Waals surface area contributed by atoms with E-state index in [0.29, 0.717) is 16.8 Å². The van der Waals surface area contributed by atoms with E-state index in [1.165, 1.54) is 6.07 Å². The van der Waals surface area contributed by atoms with Gasteiger partial charge in [0, 0.05) is 5.69 Å². The van der Waals surface area contributed by atoms with Gasteiger partial charge in [-0.15, -0.1) is 0 Å². The highest BCUT2D eigenvalue weighted by molar-refractivity contribution is 5.99. The Morgan fingerprint density at radius 1 is 1.14 bits per heavy atom. The molecule has 0 aliphatic carbocycles. The van der Waals surface area contributed by atoms with Crippen LogP contribution in [-0.4, -0.2) is 5.91 Å². The van der Waals surface area contributed by atoms with Gasteiger partial charge in [0.05, 0.1) is 11.6 Å². The first kappa shape index (κ1) is 15.0. The fourth-order valence-corrected chi connectivity index (χ4v) is 2.01. The third-order valence-corrected chi connectivity index (χ3v) is 3.24. The lowest BCUT2D eigenvalue weighted by Gasteiger charge is -2.15. The average Bonchev–Trinajstić information content (AvgIpc) is 2.44. The van der Waals surface area contributed by atoms with Crippen molar-refractivity contribution in [3.8, 4) is 0 Å². The smallest absolute Gasteiger partial charge is 0.253 e. The minimum Gasteiger partial charge on any atom is -0.398 e. The highest BCUT2D eigenvalue weighted by atomic mass is 19.2. The van der Waals surface area contributed by atoms with Crippen LogP contribution in [0.1, 0.15) is 34.5 Å². The lowest BCUT2D eigenvalue weighted by molar-refractivity contribution is 0.0940. The number of carbonyl (C=O) groups excluding carboxylic acids is 1. The summed E-state index contributed by atoms with van der Waals surface area (Å²) < 4.78 is 26.1. The van der Waals surface area contributed by atoms with Crippen LogP contribution in [-0.2, 0) is 0 Å². The molecule has 0 saturated heterocycles. The minimum absolute atomic E-state index is 0.353.